The molecule has 1 heterocycles. The molecule has 1 saturated heterocycles. The number of rotatable bonds is 8. The SMILES string of the molecule is COc1ccc(OCCCOc2ccccc2C=C2SC(=S)NC2=O)cc1. The van der Waals surface area contributed by atoms with Gasteiger partial charge in [-0.25, -0.2) is 0 Å². The number of para-hydroxylation sites is 1. The number of thioether (sulfide) groups is 1. The highest BCUT2D eigenvalue weighted by Crippen LogP contribution is 2.29. The van der Waals surface area contributed by atoms with E-state index in [1.165, 1.54) is 11.8 Å². The van der Waals surface area contributed by atoms with Gasteiger partial charge in [0, 0.05) is 12.0 Å². The molecule has 0 atom stereocenters. The van der Waals surface area contributed by atoms with Gasteiger partial charge in [-0.2, -0.15) is 0 Å². The first kappa shape index (κ1) is 19.3. The van der Waals surface area contributed by atoms with Gasteiger partial charge in [-0.1, -0.05) is 42.2 Å². The molecule has 0 aromatic heterocycles. The second-order valence-electron chi connectivity index (χ2n) is 5.62. The molecule has 3 rings (SSSR count). The summed E-state index contributed by atoms with van der Waals surface area (Å²) in [6.07, 6.45) is 2.53. The van der Waals surface area contributed by atoms with Crippen molar-refractivity contribution >= 4 is 40.3 Å². The van der Waals surface area contributed by atoms with Crippen molar-refractivity contribution in [3.05, 3.63) is 59.0 Å². The van der Waals surface area contributed by atoms with Gasteiger partial charge in [-0.05, 0) is 36.4 Å². The summed E-state index contributed by atoms with van der Waals surface area (Å²) in [6, 6.07) is 15.1. The highest BCUT2D eigenvalue weighted by molar-refractivity contribution is 8.26. The molecule has 1 aliphatic rings. The lowest BCUT2D eigenvalue weighted by molar-refractivity contribution is -0.115. The van der Waals surface area contributed by atoms with Crippen LogP contribution in [0.25, 0.3) is 6.08 Å². The van der Waals surface area contributed by atoms with E-state index in [2.05, 4.69) is 5.32 Å². The van der Waals surface area contributed by atoms with E-state index in [9.17, 15) is 4.79 Å². The maximum Gasteiger partial charge on any atom is 0.263 e. The van der Waals surface area contributed by atoms with Crippen molar-refractivity contribution in [3.8, 4) is 17.2 Å². The number of methoxy groups -OCH3 is 1. The van der Waals surface area contributed by atoms with Crippen LogP contribution in [-0.2, 0) is 4.79 Å². The lowest BCUT2D eigenvalue weighted by Gasteiger charge is -2.10. The van der Waals surface area contributed by atoms with E-state index >= 15 is 0 Å². The Balaban J connectivity index is 1.50. The second-order valence-corrected chi connectivity index (χ2v) is 7.33. The highest BCUT2D eigenvalue weighted by Gasteiger charge is 2.22. The Morgan fingerprint density at radius 2 is 1.74 bits per heavy atom. The summed E-state index contributed by atoms with van der Waals surface area (Å²) in [5.74, 6) is 2.14. The van der Waals surface area contributed by atoms with Crippen molar-refractivity contribution < 1.29 is 19.0 Å². The molecule has 0 bridgehead atoms. The van der Waals surface area contributed by atoms with Crippen molar-refractivity contribution in [2.75, 3.05) is 20.3 Å². The number of thiocarbonyl (C=S) groups is 1. The number of hydrogen-bond donors (Lipinski definition) is 1. The van der Waals surface area contributed by atoms with Gasteiger partial charge in [0.2, 0.25) is 0 Å². The predicted molar refractivity (Wildman–Crippen MR) is 111 cm³/mol. The molecule has 5 nitrogen and oxygen atoms in total. The van der Waals surface area contributed by atoms with E-state index in [1.54, 1.807) is 13.2 Å². The Morgan fingerprint density at radius 3 is 2.44 bits per heavy atom. The van der Waals surface area contributed by atoms with Crippen molar-refractivity contribution in [2.24, 2.45) is 0 Å². The lowest BCUT2D eigenvalue weighted by Crippen LogP contribution is -2.17. The first-order chi connectivity index (χ1) is 13.2. The smallest absolute Gasteiger partial charge is 0.263 e. The van der Waals surface area contributed by atoms with Crippen LogP contribution in [0.2, 0.25) is 0 Å². The molecule has 1 amide bonds. The van der Waals surface area contributed by atoms with E-state index in [4.69, 9.17) is 26.4 Å². The van der Waals surface area contributed by atoms with Gasteiger partial charge < -0.3 is 19.5 Å². The molecule has 2 aromatic rings. The number of ether oxygens (including phenoxy) is 3. The van der Waals surface area contributed by atoms with Crippen molar-refractivity contribution in [1.82, 2.24) is 5.32 Å². The standard InChI is InChI=1S/C20H19NO4S2/c1-23-15-7-9-16(10-8-15)24-11-4-12-25-17-6-3-2-5-14(17)13-18-19(22)21-20(26)27-18/h2-3,5-10,13H,4,11-12H2,1H3,(H,21,22,26). The van der Waals surface area contributed by atoms with Gasteiger partial charge in [0.05, 0.1) is 25.2 Å². The number of hydrogen-bond acceptors (Lipinski definition) is 6. The summed E-state index contributed by atoms with van der Waals surface area (Å²) in [5.41, 5.74) is 0.843. The van der Waals surface area contributed by atoms with E-state index in [0.717, 1.165) is 29.2 Å². The number of carbonyl (C=O) groups excluding carboxylic acids is 1. The van der Waals surface area contributed by atoms with Gasteiger partial charge in [-0.3, -0.25) is 4.79 Å². The fourth-order valence-electron chi connectivity index (χ4n) is 2.40. The summed E-state index contributed by atoms with van der Waals surface area (Å²) >= 11 is 6.27. The monoisotopic (exact) mass is 401 g/mol. The van der Waals surface area contributed by atoms with Gasteiger partial charge in [0.15, 0.2) is 0 Å². The van der Waals surface area contributed by atoms with Gasteiger partial charge in [-0.15, -0.1) is 0 Å². The molecule has 1 fully saturated rings. The Bertz CT molecular complexity index is 849. The van der Waals surface area contributed by atoms with Gasteiger partial charge >= 0.3 is 0 Å². The molecule has 0 unspecified atom stereocenters. The molecule has 27 heavy (non-hydrogen) atoms. The molecule has 1 aliphatic heterocycles. The van der Waals surface area contributed by atoms with Crippen LogP contribution in [0.5, 0.6) is 17.2 Å². The number of nitrogens with one attached hydrogen (secondary N) is 1. The highest BCUT2D eigenvalue weighted by atomic mass is 32.2. The average Bonchev–Trinajstić information content (AvgIpc) is 3.00. The summed E-state index contributed by atoms with van der Waals surface area (Å²) in [6.45, 7) is 1.05. The zero-order valence-electron chi connectivity index (χ0n) is 14.8. The third-order valence-corrected chi connectivity index (χ3v) is 4.88. The Hall–Kier alpha value is -2.51. The topological polar surface area (TPSA) is 56.8 Å². The zero-order chi connectivity index (χ0) is 19.1. The van der Waals surface area contributed by atoms with E-state index in [-0.39, 0.29) is 5.91 Å². The minimum Gasteiger partial charge on any atom is -0.497 e. The number of benzene rings is 2. The van der Waals surface area contributed by atoms with Crippen LogP contribution in [0.4, 0.5) is 0 Å². The first-order valence-corrected chi connectivity index (χ1v) is 9.62. The summed E-state index contributed by atoms with van der Waals surface area (Å²) in [7, 11) is 1.63. The van der Waals surface area contributed by atoms with Crippen LogP contribution >= 0.6 is 24.0 Å². The quantitative estimate of drug-likeness (QED) is 0.409. The average molecular weight is 402 g/mol. The van der Waals surface area contributed by atoms with Crippen LogP contribution in [0.1, 0.15) is 12.0 Å². The molecule has 0 saturated carbocycles. The van der Waals surface area contributed by atoms with E-state index < -0.39 is 0 Å². The Morgan fingerprint density at radius 1 is 1.04 bits per heavy atom. The molecular weight excluding hydrogens is 382 g/mol. The van der Waals surface area contributed by atoms with Crippen LogP contribution in [0.3, 0.4) is 0 Å². The summed E-state index contributed by atoms with van der Waals surface area (Å²) < 4.78 is 17.1. The molecule has 0 radical (unpaired) electrons. The number of carbonyl (C=O) groups is 1. The maximum atomic E-state index is 11.8. The Kier molecular flexibility index (Phi) is 6.73. The third-order valence-electron chi connectivity index (χ3n) is 3.72. The Labute approximate surface area is 167 Å². The fraction of sp³-hybridized carbons (Fsp3) is 0.200. The van der Waals surface area contributed by atoms with Crippen LogP contribution < -0.4 is 19.5 Å². The van der Waals surface area contributed by atoms with Gasteiger partial charge in [0.1, 0.15) is 21.6 Å². The normalized spacial score (nSPS) is 14.9. The molecule has 0 aliphatic carbocycles. The molecule has 1 N–H and O–H groups in total. The molecule has 140 valence electrons. The van der Waals surface area contributed by atoms with Crippen molar-refractivity contribution in [3.63, 3.8) is 0 Å². The van der Waals surface area contributed by atoms with Crippen molar-refractivity contribution in [2.45, 2.75) is 6.42 Å². The molecule has 0 spiro atoms. The minimum absolute atomic E-state index is 0.173. The van der Waals surface area contributed by atoms with Crippen molar-refractivity contribution in [1.29, 1.82) is 0 Å². The third kappa shape index (κ3) is 5.48. The van der Waals surface area contributed by atoms with E-state index in [1.807, 2.05) is 48.5 Å². The van der Waals surface area contributed by atoms with Crippen LogP contribution in [0.15, 0.2) is 53.4 Å². The molecule has 7 heteroatoms. The first-order valence-electron chi connectivity index (χ1n) is 8.39. The van der Waals surface area contributed by atoms with Gasteiger partial charge in [0.25, 0.3) is 5.91 Å². The maximum absolute atomic E-state index is 11.8. The predicted octanol–water partition coefficient (Wildman–Crippen LogP) is 4.03. The van der Waals surface area contributed by atoms with Crippen LogP contribution in [0, 0.1) is 0 Å². The minimum atomic E-state index is -0.173. The zero-order valence-corrected chi connectivity index (χ0v) is 16.4. The largest absolute Gasteiger partial charge is 0.497 e. The van der Waals surface area contributed by atoms with Crippen LogP contribution in [-0.4, -0.2) is 30.6 Å². The molecule has 2 aromatic carbocycles. The summed E-state index contributed by atoms with van der Waals surface area (Å²) in [4.78, 5) is 12.4. The molecular formula is C20H19NO4S2. The fourth-order valence-corrected chi connectivity index (χ4v) is 3.43. The summed E-state index contributed by atoms with van der Waals surface area (Å²) in [5, 5.41) is 2.61. The van der Waals surface area contributed by atoms with E-state index in [0.29, 0.717) is 22.4 Å². The lowest BCUT2D eigenvalue weighted by atomic mass is 10.2. The second kappa shape index (κ2) is 9.43. The number of amides is 1.